The van der Waals surface area contributed by atoms with Crippen molar-refractivity contribution in [1.29, 1.82) is 0 Å². The highest BCUT2D eigenvalue weighted by Crippen LogP contribution is 2.36. The summed E-state index contributed by atoms with van der Waals surface area (Å²) in [7, 11) is -0.415. The molecule has 2 N–H and O–H groups in total. The lowest BCUT2D eigenvalue weighted by atomic mass is 9.90. The summed E-state index contributed by atoms with van der Waals surface area (Å²) in [4.78, 5) is 11.1. The molecule has 0 bridgehead atoms. The van der Waals surface area contributed by atoms with E-state index in [1.807, 2.05) is 0 Å². The van der Waals surface area contributed by atoms with Gasteiger partial charge in [-0.15, -0.1) is 0 Å². The maximum atomic E-state index is 11.1. The maximum Gasteiger partial charge on any atom is 0.370 e. The van der Waals surface area contributed by atoms with E-state index in [1.54, 1.807) is 6.08 Å². The summed E-state index contributed by atoms with van der Waals surface area (Å²) in [6, 6.07) is 0. The Morgan fingerprint density at radius 2 is 1.74 bits per heavy atom. The normalized spacial score (nSPS) is 23.6. The molecule has 5 heteroatoms. The minimum Gasteiger partial charge on any atom is -0.482 e. The average Bonchev–Trinajstić information content (AvgIpc) is 2.88. The molecule has 4 unspecified atom stereocenters. The van der Waals surface area contributed by atoms with Crippen molar-refractivity contribution < 1.29 is 19.7 Å². The fourth-order valence-corrected chi connectivity index (χ4v) is 8.14. The minimum atomic E-state index is -1.04. The zero-order valence-electron chi connectivity index (χ0n) is 15.4. The Morgan fingerprint density at radius 3 is 2.17 bits per heavy atom. The van der Waals surface area contributed by atoms with Gasteiger partial charge in [-0.3, -0.25) is 0 Å². The number of rotatable bonds is 9. The van der Waals surface area contributed by atoms with E-state index >= 15 is 0 Å². The number of hydrogen-bond donors (Lipinski definition) is 2. The van der Waals surface area contributed by atoms with Crippen LogP contribution in [0.15, 0.2) is 11.8 Å². The zero-order valence-corrected chi connectivity index (χ0v) is 16.4. The highest BCUT2D eigenvalue weighted by atomic mass is 28.3. The predicted molar refractivity (Wildman–Crippen MR) is 94.9 cm³/mol. The number of carbonyl (C=O) groups is 1. The molecular weight excluding hydrogens is 308 g/mol. The van der Waals surface area contributed by atoms with Gasteiger partial charge in [0, 0.05) is 5.92 Å². The molecule has 1 heterocycles. The Bertz CT molecular complexity index is 411. The molecule has 132 valence electrons. The summed E-state index contributed by atoms with van der Waals surface area (Å²) in [6.45, 7) is 13.7. The van der Waals surface area contributed by atoms with Crippen LogP contribution in [0.2, 0.25) is 16.6 Å². The van der Waals surface area contributed by atoms with Crippen molar-refractivity contribution >= 4 is 14.8 Å². The van der Waals surface area contributed by atoms with Crippen molar-refractivity contribution in [3.8, 4) is 0 Å². The van der Waals surface area contributed by atoms with Crippen LogP contribution in [0, 0.1) is 11.8 Å². The van der Waals surface area contributed by atoms with E-state index < -0.39 is 14.8 Å². The molecule has 4 atom stereocenters. The van der Waals surface area contributed by atoms with Gasteiger partial charge in [-0.1, -0.05) is 6.92 Å². The second-order valence-corrected chi connectivity index (χ2v) is 11.8. The standard InChI is InChI=1S/C18H32O4Si/c1-11(2)23(12(3)4)14(6)8-7-13(5)17-15(10-19)9-16(22-17)18(20)21/h9,11-15,17,19H,7-8,10H2,1-6H3/p+1. The number of ether oxygens (including phenoxy) is 1. The Kier molecular flexibility index (Phi) is 7.81. The monoisotopic (exact) mass is 341 g/mol. The van der Waals surface area contributed by atoms with E-state index in [4.69, 9.17) is 9.84 Å². The van der Waals surface area contributed by atoms with Gasteiger partial charge >= 0.3 is 14.8 Å². The Morgan fingerprint density at radius 1 is 1.17 bits per heavy atom. The Hall–Kier alpha value is -0.813. The van der Waals surface area contributed by atoms with Crippen molar-refractivity contribution in [2.45, 2.75) is 77.1 Å². The summed E-state index contributed by atoms with van der Waals surface area (Å²) in [5.74, 6) is -1.02. The number of aliphatic hydroxyl groups is 1. The number of aliphatic hydroxyl groups excluding tert-OH is 1. The third-order valence-electron chi connectivity index (χ3n) is 4.99. The molecule has 0 radical (unpaired) electrons. The number of hydrogen-bond acceptors (Lipinski definition) is 3. The third-order valence-corrected chi connectivity index (χ3v) is 9.08. The fraction of sp³-hybridized carbons (Fsp3) is 0.833. The summed E-state index contributed by atoms with van der Waals surface area (Å²) in [6.07, 6.45) is 3.50. The quantitative estimate of drug-likeness (QED) is 0.620. The van der Waals surface area contributed by atoms with Crippen molar-refractivity contribution in [1.82, 2.24) is 0 Å². The van der Waals surface area contributed by atoms with Crippen molar-refractivity contribution in [3.05, 3.63) is 11.8 Å². The van der Waals surface area contributed by atoms with Crippen molar-refractivity contribution in [2.24, 2.45) is 11.8 Å². The van der Waals surface area contributed by atoms with Crippen LogP contribution in [-0.2, 0) is 9.53 Å². The van der Waals surface area contributed by atoms with Crippen LogP contribution in [0.5, 0.6) is 0 Å². The molecule has 0 aromatic carbocycles. The molecule has 1 aliphatic heterocycles. The second-order valence-electron chi connectivity index (χ2n) is 7.53. The van der Waals surface area contributed by atoms with Crippen LogP contribution in [-0.4, -0.2) is 37.7 Å². The first-order chi connectivity index (χ1) is 10.7. The number of carboxylic acid groups (broad SMARTS) is 1. The van der Waals surface area contributed by atoms with Crippen LogP contribution in [0.3, 0.4) is 0 Å². The van der Waals surface area contributed by atoms with Crippen LogP contribution < -0.4 is 0 Å². The molecule has 23 heavy (non-hydrogen) atoms. The Labute approximate surface area is 142 Å². The minimum absolute atomic E-state index is 0.0111. The number of carboxylic acids is 1. The van der Waals surface area contributed by atoms with E-state index in [0.29, 0.717) is 0 Å². The molecule has 0 aromatic rings. The van der Waals surface area contributed by atoms with Gasteiger partial charge < -0.3 is 14.9 Å². The molecule has 0 aliphatic carbocycles. The van der Waals surface area contributed by atoms with Crippen LogP contribution in [0.4, 0.5) is 0 Å². The summed E-state index contributed by atoms with van der Waals surface area (Å²) < 4.78 is 5.59. The first-order valence-electron chi connectivity index (χ1n) is 8.78. The van der Waals surface area contributed by atoms with E-state index in [0.717, 1.165) is 29.5 Å². The average molecular weight is 342 g/mol. The lowest BCUT2D eigenvalue weighted by Gasteiger charge is -2.25. The Balaban J connectivity index is 2.59. The van der Waals surface area contributed by atoms with E-state index in [-0.39, 0.29) is 30.3 Å². The molecule has 0 saturated heterocycles. The van der Waals surface area contributed by atoms with Gasteiger partial charge in [0.1, 0.15) is 6.10 Å². The highest BCUT2D eigenvalue weighted by molar-refractivity contribution is 6.63. The third kappa shape index (κ3) is 5.35. The zero-order chi connectivity index (χ0) is 17.7. The smallest absolute Gasteiger partial charge is 0.370 e. The van der Waals surface area contributed by atoms with Gasteiger partial charge in [0.15, 0.2) is 0 Å². The van der Waals surface area contributed by atoms with Crippen LogP contribution in [0.1, 0.15) is 54.4 Å². The lowest BCUT2D eigenvalue weighted by Crippen LogP contribution is -2.30. The maximum absolute atomic E-state index is 11.1. The summed E-state index contributed by atoms with van der Waals surface area (Å²) in [5.41, 5.74) is 2.25. The molecule has 1 rings (SSSR count). The van der Waals surface area contributed by atoms with Gasteiger partial charge in [0.2, 0.25) is 5.76 Å². The van der Waals surface area contributed by atoms with Crippen molar-refractivity contribution in [3.63, 3.8) is 0 Å². The molecular formula is C18H33O4Si+. The second kappa shape index (κ2) is 8.88. The molecule has 4 nitrogen and oxygen atoms in total. The number of aliphatic carboxylic acids is 1. The largest absolute Gasteiger partial charge is 0.482 e. The van der Waals surface area contributed by atoms with Crippen LogP contribution in [0.25, 0.3) is 0 Å². The molecule has 0 aromatic heterocycles. The molecule has 1 aliphatic rings. The molecule has 0 saturated carbocycles. The first kappa shape index (κ1) is 20.2. The van der Waals surface area contributed by atoms with Gasteiger partial charge in [0.05, 0.1) is 23.2 Å². The predicted octanol–water partition coefficient (Wildman–Crippen LogP) is 4.08. The van der Waals surface area contributed by atoms with Gasteiger partial charge in [0.25, 0.3) is 0 Å². The fourth-order valence-electron chi connectivity index (χ4n) is 4.03. The SMILES string of the molecule is CC(CCC(C)[Si+](C(C)C)C(C)C)C1OC(C(=O)O)=CC1CO. The molecule has 0 fully saturated rings. The van der Waals surface area contributed by atoms with Crippen molar-refractivity contribution in [2.75, 3.05) is 6.61 Å². The van der Waals surface area contributed by atoms with Gasteiger partial charge in [-0.2, -0.15) is 0 Å². The van der Waals surface area contributed by atoms with E-state index in [1.165, 1.54) is 0 Å². The topological polar surface area (TPSA) is 66.8 Å². The van der Waals surface area contributed by atoms with E-state index in [9.17, 15) is 9.90 Å². The van der Waals surface area contributed by atoms with Gasteiger partial charge in [-0.25, -0.2) is 4.79 Å². The summed E-state index contributed by atoms with van der Waals surface area (Å²) in [5, 5.41) is 18.6. The van der Waals surface area contributed by atoms with E-state index in [2.05, 4.69) is 41.5 Å². The molecule has 0 spiro atoms. The lowest BCUT2D eigenvalue weighted by molar-refractivity contribution is -0.137. The first-order valence-corrected chi connectivity index (χ1v) is 10.5. The highest BCUT2D eigenvalue weighted by Gasteiger charge is 2.42. The summed E-state index contributed by atoms with van der Waals surface area (Å²) >= 11 is 0. The molecule has 0 amide bonds. The van der Waals surface area contributed by atoms with Gasteiger partial charge in [-0.05, 0) is 59.5 Å². The van der Waals surface area contributed by atoms with Crippen LogP contribution >= 0.6 is 0 Å².